The summed E-state index contributed by atoms with van der Waals surface area (Å²) in [6.07, 6.45) is 0.337. The quantitative estimate of drug-likeness (QED) is 0.472. The molecule has 6 nitrogen and oxygen atoms in total. The van der Waals surface area contributed by atoms with Gasteiger partial charge in [0.25, 0.3) is 0 Å². The van der Waals surface area contributed by atoms with E-state index in [0.717, 1.165) is 18.2 Å². The summed E-state index contributed by atoms with van der Waals surface area (Å²) in [6.45, 7) is -0.490. The van der Waals surface area contributed by atoms with Crippen LogP contribution in [0.3, 0.4) is 0 Å². The molecule has 2 N–H and O–H groups in total. The first-order chi connectivity index (χ1) is 14.5. The largest absolute Gasteiger partial charge is 0.494 e. The predicted octanol–water partition coefficient (Wildman–Crippen LogP) is 3.66. The zero-order valence-electron chi connectivity index (χ0n) is 15.9. The number of primary sulfonamides is 1. The van der Waals surface area contributed by atoms with Crippen molar-refractivity contribution in [2.24, 2.45) is 5.14 Å². The highest BCUT2D eigenvalue weighted by molar-refractivity contribution is 7.89. The number of nitrogens with zero attached hydrogens (tertiary/aromatic N) is 2. The van der Waals surface area contributed by atoms with Gasteiger partial charge in [0.05, 0.1) is 12.0 Å². The van der Waals surface area contributed by atoms with Crippen LogP contribution in [0.15, 0.2) is 47.4 Å². The molecule has 1 aromatic heterocycles. The lowest BCUT2D eigenvalue weighted by atomic mass is 9.98. The van der Waals surface area contributed by atoms with E-state index in [9.17, 15) is 26.0 Å². The second kappa shape index (κ2) is 8.05. The highest BCUT2D eigenvalue weighted by Gasteiger charge is 2.40. The van der Waals surface area contributed by atoms with Crippen molar-refractivity contribution in [2.75, 3.05) is 7.11 Å². The minimum absolute atomic E-state index is 0.112. The van der Waals surface area contributed by atoms with E-state index in [2.05, 4.69) is 11.0 Å². The second-order valence-electron chi connectivity index (χ2n) is 6.35. The van der Waals surface area contributed by atoms with Crippen LogP contribution in [-0.4, -0.2) is 25.3 Å². The lowest BCUT2D eigenvalue weighted by Gasteiger charge is -2.12. The fourth-order valence-corrected chi connectivity index (χ4v) is 3.57. The van der Waals surface area contributed by atoms with Crippen LogP contribution in [0.4, 0.5) is 17.6 Å². The molecular formula is C20H15F4N3O3S. The van der Waals surface area contributed by atoms with Crippen LogP contribution < -0.4 is 9.88 Å². The normalized spacial score (nSPS) is 11.9. The van der Waals surface area contributed by atoms with E-state index in [1.54, 1.807) is 0 Å². The van der Waals surface area contributed by atoms with Crippen molar-refractivity contribution in [3.63, 3.8) is 0 Å². The maximum atomic E-state index is 14.3. The maximum Gasteiger partial charge on any atom is 0.433 e. The lowest BCUT2D eigenvalue weighted by Crippen LogP contribution is -2.15. The molecule has 0 aliphatic rings. The fourth-order valence-electron chi connectivity index (χ4n) is 3.05. The summed E-state index contributed by atoms with van der Waals surface area (Å²) in [4.78, 5) is -0.229. The minimum Gasteiger partial charge on any atom is -0.494 e. The smallest absolute Gasteiger partial charge is 0.433 e. The number of hydrogen-bond donors (Lipinski definition) is 1. The van der Waals surface area contributed by atoms with E-state index >= 15 is 0 Å². The van der Waals surface area contributed by atoms with Gasteiger partial charge in [0.2, 0.25) is 10.0 Å². The van der Waals surface area contributed by atoms with Crippen LogP contribution in [0.5, 0.6) is 5.75 Å². The highest BCUT2D eigenvalue weighted by atomic mass is 32.2. The van der Waals surface area contributed by atoms with Gasteiger partial charge in [0.15, 0.2) is 17.3 Å². The Kier molecular flexibility index (Phi) is 5.80. The molecule has 0 fully saturated rings. The van der Waals surface area contributed by atoms with Crippen LogP contribution in [0, 0.1) is 18.2 Å². The molecule has 0 atom stereocenters. The van der Waals surface area contributed by atoms with Gasteiger partial charge in [-0.1, -0.05) is 24.1 Å². The molecule has 0 spiro atoms. The van der Waals surface area contributed by atoms with Crippen LogP contribution >= 0.6 is 0 Å². The van der Waals surface area contributed by atoms with Gasteiger partial charge >= 0.3 is 6.18 Å². The van der Waals surface area contributed by atoms with Crippen molar-refractivity contribution < 1.29 is 30.7 Å². The molecular weight excluding hydrogens is 438 g/mol. The molecule has 162 valence electrons. The van der Waals surface area contributed by atoms with Crippen molar-refractivity contribution in [2.45, 2.75) is 17.6 Å². The van der Waals surface area contributed by atoms with Gasteiger partial charge < -0.3 is 4.74 Å². The third kappa shape index (κ3) is 4.40. The number of hydrogen-bond acceptors (Lipinski definition) is 4. The molecule has 0 saturated carbocycles. The van der Waals surface area contributed by atoms with Gasteiger partial charge in [0, 0.05) is 11.1 Å². The van der Waals surface area contributed by atoms with E-state index in [0.29, 0.717) is 4.68 Å². The van der Waals surface area contributed by atoms with E-state index in [1.807, 2.05) is 0 Å². The Balaban J connectivity index is 2.33. The van der Waals surface area contributed by atoms with E-state index in [1.165, 1.54) is 31.4 Å². The highest BCUT2D eigenvalue weighted by Crippen LogP contribution is 2.43. The molecule has 0 saturated heterocycles. The Labute approximate surface area is 175 Å². The number of benzene rings is 2. The summed E-state index contributed by atoms with van der Waals surface area (Å²) >= 11 is 0. The van der Waals surface area contributed by atoms with Crippen molar-refractivity contribution >= 4 is 10.0 Å². The molecule has 0 amide bonds. The van der Waals surface area contributed by atoms with Crippen LogP contribution in [-0.2, 0) is 22.7 Å². The summed E-state index contributed by atoms with van der Waals surface area (Å²) in [6, 6.07) is 8.13. The molecule has 0 unspecified atom stereocenters. The Morgan fingerprint density at radius 2 is 1.77 bits per heavy atom. The summed E-state index contributed by atoms with van der Waals surface area (Å²) < 4.78 is 84.6. The molecule has 1 heterocycles. The molecule has 0 radical (unpaired) electrons. The summed E-state index contributed by atoms with van der Waals surface area (Å²) in [5.74, 6) is 1.10. The standard InChI is InChI=1S/C20H15F4N3O3S/c1-3-10-27-19(20(22,23)24)17(13-6-9-16(30-2)15(21)11-13)18(26-27)12-4-7-14(8-5-12)31(25,28)29/h1,4-9,11H,10H2,2H3,(H2,25,28,29). The molecule has 0 aliphatic heterocycles. The van der Waals surface area contributed by atoms with Gasteiger partial charge in [-0.3, -0.25) is 0 Å². The van der Waals surface area contributed by atoms with Gasteiger partial charge in [-0.15, -0.1) is 6.42 Å². The van der Waals surface area contributed by atoms with Gasteiger partial charge in [-0.05, 0) is 29.8 Å². The Morgan fingerprint density at radius 3 is 2.26 bits per heavy atom. The molecule has 3 aromatic rings. The van der Waals surface area contributed by atoms with Crippen molar-refractivity contribution in [1.82, 2.24) is 9.78 Å². The minimum atomic E-state index is -4.87. The summed E-state index contributed by atoms with van der Waals surface area (Å²) in [7, 11) is -2.78. The number of halogens is 4. The monoisotopic (exact) mass is 453 g/mol. The summed E-state index contributed by atoms with van der Waals surface area (Å²) in [5, 5.41) is 9.06. The zero-order valence-corrected chi connectivity index (χ0v) is 16.8. The first-order valence-electron chi connectivity index (χ1n) is 8.56. The predicted molar refractivity (Wildman–Crippen MR) is 105 cm³/mol. The Hall–Kier alpha value is -3.36. The van der Waals surface area contributed by atoms with Crippen LogP contribution in [0.25, 0.3) is 22.4 Å². The van der Waals surface area contributed by atoms with Gasteiger partial charge in [-0.25, -0.2) is 22.6 Å². The third-order valence-corrected chi connectivity index (χ3v) is 5.29. The SMILES string of the molecule is C#CCn1nc(-c2ccc(S(N)(=O)=O)cc2)c(-c2ccc(OC)c(F)c2)c1C(F)(F)F. The fraction of sp³-hybridized carbons (Fsp3) is 0.150. The second-order valence-corrected chi connectivity index (χ2v) is 7.91. The zero-order chi connectivity index (χ0) is 23.0. The number of aromatic nitrogens is 2. The van der Waals surface area contributed by atoms with E-state index in [4.69, 9.17) is 16.3 Å². The number of terminal acetylenes is 1. The average Bonchev–Trinajstić information content (AvgIpc) is 3.07. The third-order valence-electron chi connectivity index (χ3n) is 4.36. The Bertz CT molecular complexity index is 1270. The first kappa shape index (κ1) is 22.3. The number of rotatable bonds is 5. The number of alkyl halides is 3. The first-order valence-corrected chi connectivity index (χ1v) is 10.1. The molecule has 0 bridgehead atoms. The van der Waals surface area contributed by atoms with Gasteiger partial charge in [-0.2, -0.15) is 18.3 Å². The van der Waals surface area contributed by atoms with E-state index < -0.39 is 39.8 Å². The lowest BCUT2D eigenvalue weighted by molar-refractivity contribution is -0.143. The molecule has 0 aliphatic carbocycles. The summed E-state index contributed by atoms with van der Waals surface area (Å²) in [5.41, 5.74) is -1.69. The molecule has 11 heteroatoms. The van der Waals surface area contributed by atoms with Crippen molar-refractivity contribution in [3.05, 3.63) is 54.0 Å². The topological polar surface area (TPSA) is 87.2 Å². The van der Waals surface area contributed by atoms with Crippen LogP contribution in [0.1, 0.15) is 5.69 Å². The van der Waals surface area contributed by atoms with Crippen LogP contribution in [0.2, 0.25) is 0 Å². The molecule has 31 heavy (non-hydrogen) atoms. The number of nitrogens with two attached hydrogens (primary N) is 1. The maximum absolute atomic E-state index is 14.3. The number of ether oxygens (including phenoxy) is 1. The molecule has 3 rings (SSSR count). The van der Waals surface area contributed by atoms with Gasteiger partial charge in [0.1, 0.15) is 12.2 Å². The van der Waals surface area contributed by atoms with E-state index in [-0.39, 0.29) is 27.5 Å². The Morgan fingerprint density at radius 1 is 1.16 bits per heavy atom. The number of sulfonamides is 1. The molecule has 2 aromatic carbocycles. The van der Waals surface area contributed by atoms with Crippen molar-refractivity contribution in [1.29, 1.82) is 0 Å². The number of methoxy groups -OCH3 is 1. The van der Waals surface area contributed by atoms with Crippen molar-refractivity contribution in [3.8, 4) is 40.5 Å². The average molecular weight is 453 g/mol.